The molecule has 1 aromatic heterocycles. The maximum atomic E-state index is 6.28. The van der Waals surface area contributed by atoms with Gasteiger partial charge in [0, 0.05) is 11.2 Å². The van der Waals surface area contributed by atoms with E-state index in [0.29, 0.717) is 0 Å². The van der Waals surface area contributed by atoms with E-state index in [2.05, 4.69) is 30.2 Å². The Morgan fingerprint density at radius 3 is 2.72 bits per heavy atom. The highest BCUT2D eigenvalue weighted by atomic mass is 35.5. The lowest BCUT2D eigenvalue weighted by Crippen LogP contribution is -2.23. The Hall–Kier alpha value is -1.38. The monoisotopic (exact) mass is 260 g/mol. The molecule has 0 saturated carbocycles. The van der Waals surface area contributed by atoms with E-state index in [-0.39, 0.29) is 6.04 Å². The lowest BCUT2D eigenvalue weighted by Gasteiger charge is -2.19. The van der Waals surface area contributed by atoms with Crippen molar-refractivity contribution in [3.8, 4) is 0 Å². The third-order valence-electron chi connectivity index (χ3n) is 2.86. The van der Waals surface area contributed by atoms with E-state index in [4.69, 9.17) is 11.6 Å². The van der Waals surface area contributed by atoms with Crippen LogP contribution in [0.2, 0.25) is 5.02 Å². The van der Waals surface area contributed by atoms with Gasteiger partial charge >= 0.3 is 0 Å². The van der Waals surface area contributed by atoms with E-state index in [9.17, 15) is 0 Å². The molecule has 0 fully saturated rings. The second-order valence-corrected chi connectivity index (χ2v) is 4.68. The SMILES string of the molecule is CCNC(c1cc(C)ccn1)c1ccccc1Cl. The smallest absolute Gasteiger partial charge is 0.0765 e. The molecule has 1 aromatic carbocycles. The number of hydrogen-bond acceptors (Lipinski definition) is 2. The maximum Gasteiger partial charge on any atom is 0.0765 e. The first kappa shape index (κ1) is 13.1. The molecule has 2 aromatic rings. The third kappa shape index (κ3) is 2.89. The molecule has 1 heterocycles. The van der Waals surface area contributed by atoms with Crippen LogP contribution in [0, 0.1) is 6.92 Å². The van der Waals surface area contributed by atoms with Crippen molar-refractivity contribution in [1.82, 2.24) is 10.3 Å². The van der Waals surface area contributed by atoms with Crippen molar-refractivity contribution in [3.05, 3.63) is 64.4 Å². The Morgan fingerprint density at radius 2 is 2.06 bits per heavy atom. The van der Waals surface area contributed by atoms with Crippen molar-refractivity contribution < 1.29 is 0 Å². The molecule has 0 aliphatic rings. The second kappa shape index (κ2) is 5.98. The lowest BCUT2D eigenvalue weighted by atomic mass is 10.0. The number of aromatic nitrogens is 1. The summed E-state index contributed by atoms with van der Waals surface area (Å²) in [5.74, 6) is 0. The average Bonchev–Trinajstić information content (AvgIpc) is 2.37. The minimum atomic E-state index is 0.0450. The van der Waals surface area contributed by atoms with Gasteiger partial charge in [0.25, 0.3) is 0 Å². The fourth-order valence-corrected chi connectivity index (χ4v) is 2.25. The van der Waals surface area contributed by atoms with E-state index >= 15 is 0 Å². The number of benzene rings is 1. The number of pyridine rings is 1. The highest BCUT2D eigenvalue weighted by molar-refractivity contribution is 6.31. The molecule has 0 aliphatic carbocycles. The summed E-state index contributed by atoms with van der Waals surface area (Å²) in [4.78, 5) is 4.45. The number of nitrogens with one attached hydrogen (secondary N) is 1. The first-order valence-electron chi connectivity index (χ1n) is 6.12. The summed E-state index contributed by atoms with van der Waals surface area (Å²) in [7, 11) is 0. The first-order valence-corrected chi connectivity index (χ1v) is 6.50. The van der Waals surface area contributed by atoms with Crippen molar-refractivity contribution in [3.63, 3.8) is 0 Å². The lowest BCUT2D eigenvalue weighted by molar-refractivity contribution is 0.615. The molecule has 0 aliphatic heterocycles. The van der Waals surface area contributed by atoms with E-state index in [0.717, 1.165) is 22.8 Å². The number of hydrogen-bond donors (Lipinski definition) is 1. The summed E-state index contributed by atoms with van der Waals surface area (Å²) in [5, 5.41) is 4.21. The van der Waals surface area contributed by atoms with Gasteiger partial charge in [-0.15, -0.1) is 0 Å². The van der Waals surface area contributed by atoms with Crippen LogP contribution in [0.3, 0.4) is 0 Å². The highest BCUT2D eigenvalue weighted by Crippen LogP contribution is 2.27. The molecule has 0 saturated heterocycles. The van der Waals surface area contributed by atoms with Crippen molar-refractivity contribution in [1.29, 1.82) is 0 Å². The summed E-state index contributed by atoms with van der Waals surface area (Å²) in [5.41, 5.74) is 3.28. The van der Waals surface area contributed by atoms with Crippen molar-refractivity contribution in [2.24, 2.45) is 0 Å². The standard InChI is InChI=1S/C15H17ClN2/c1-3-17-15(12-6-4-5-7-13(12)16)14-10-11(2)8-9-18-14/h4-10,15,17H,3H2,1-2H3. The molecular formula is C15H17ClN2. The van der Waals surface area contributed by atoms with Gasteiger partial charge in [-0.2, -0.15) is 0 Å². The number of nitrogens with zero attached hydrogens (tertiary/aromatic N) is 1. The van der Waals surface area contributed by atoms with Gasteiger partial charge in [0.2, 0.25) is 0 Å². The average molecular weight is 261 g/mol. The van der Waals surface area contributed by atoms with Crippen LogP contribution in [0.25, 0.3) is 0 Å². The van der Waals surface area contributed by atoms with Crippen LogP contribution in [0.4, 0.5) is 0 Å². The molecule has 2 rings (SSSR count). The third-order valence-corrected chi connectivity index (χ3v) is 3.20. The summed E-state index contributed by atoms with van der Waals surface area (Å²) in [6, 6.07) is 12.0. The van der Waals surface area contributed by atoms with Gasteiger partial charge in [0.1, 0.15) is 0 Å². The van der Waals surface area contributed by atoms with E-state index in [1.54, 1.807) is 0 Å². The minimum absolute atomic E-state index is 0.0450. The molecular weight excluding hydrogens is 244 g/mol. The molecule has 2 nitrogen and oxygen atoms in total. The van der Waals surface area contributed by atoms with Crippen LogP contribution < -0.4 is 5.32 Å². The fourth-order valence-electron chi connectivity index (χ4n) is 2.00. The molecule has 94 valence electrons. The summed E-state index contributed by atoms with van der Waals surface area (Å²) < 4.78 is 0. The number of halogens is 1. The van der Waals surface area contributed by atoms with E-state index in [1.807, 2.05) is 36.5 Å². The van der Waals surface area contributed by atoms with Crippen molar-refractivity contribution >= 4 is 11.6 Å². The van der Waals surface area contributed by atoms with Gasteiger partial charge in [-0.1, -0.05) is 36.7 Å². The van der Waals surface area contributed by atoms with Crippen molar-refractivity contribution in [2.75, 3.05) is 6.54 Å². The predicted octanol–water partition coefficient (Wildman–Crippen LogP) is 3.74. The number of rotatable bonds is 4. The van der Waals surface area contributed by atoms with Gasteiger partial charge in [0.05, 0.1) is 11.7 Å². The molecule has 0 amide bonds. The zero-order chi connectivity index (χ0) is 13.0. The van der Waals surface area contributed by atoms with Crippen LogP contribution in [-0.4, -0.2) is 11.5 Å². The largest absolute Gasteiger partial charge is 0.305 e. The zero-order valence-corrected chi connectivity index (χ0v) is 11.4. The minimum Gasteiger partial charge on any atom is -0.305 e. The second-order valence-electron chi connectivity index (χ2n) is 4.27. The van der Waals surface area contributed by atoms with Gasteiger partial charge in [0.15, 0.2) is 0 Å². The van der Waals surface area contributed by atoms with Crippen LogP contribution in [-0.2, 0) is 0 Å². The summed E-state index contributed by atoms with van der Waals surface area (Å²) in [6.45, 7) is 5.02. The molecule has 0 bridgehead atoms. The van der Waals surface area contributed by atoms with Crippen molar-refractivity contribution in [2.45, 2.75) is 19.9 Å². The molecule has 0 spiro atoms. The summed E-state index contributed by atoms with van der Waals surface area (Å²) >= 11 is 6.28. The Kier molecular flexibility index (Phi) is 4.34. The molecule has 0 radical (unpaired) electrons. The first-order chi connectivity index (χ1) is 8.72. The molecule has 1 unspecified atom stereocenters. The van der Waals surface area contributed by atoms with Crippen LogP contribution in [0.1, 0.15) is 29.8 Å². The molecule has 1 atom stereocenters. The van der Waals surface area contributed by atoms with Gasteiger partial charge in [-0.05, 0) is 42.8 Å². The van der Waals surface area contributed by atoms with E-state index in [1.165, 1.54) is 5.56 Å². The van der Waals surface area contributed by atoms with Crippen LogP contribution in [0.15, 0.2) is 42.6 Å². The van der Waals surface area contributed by atoms with Crippen LogP contribution >= 0.6 is 11.6 Å². The van der Waals surface area contributed by atoms with Crippen LogP contribution in [0.5, 0.6) is 0 Å². The molecule has 3 heteroatoms. The molecule has 18 heavy (non-hydrogen) atoms. The normalized spacial score (nSPS) is 12.4. The van der Waals surface area contributed by atoms with E-state index < -0.39 is 0 Å². The zero-order valence-electron chi connectivity index (χ0n) is 10.7. The van der Waals surface area contributed by atoms with Gasteiger partial charge in [-0.25, -0.2) is 0 Å². The maximum absolute atomic E-state index is 6.28. The summed E-state index contributed by atoms with van der Waals surface area (Å²) in [6.07, 6.45) is 1.84. The Labute approximate surface area is 113 Å². The molecule has 1 N–H and O–H groups in total. The Balaban J connectivity index is 2.43. The fraction of sp³-hybridized carbons (Fsp3) is 0.267. The topological polar surface area (TPSA) is 24.9 Å². The van der Waals surface area contributed by atoms with Gasteiger partial charge in [-0.3, -0.25) is 4.98 Å². The highest BCUT2D eigenvalue weighted by Gasteiger charge is 2.16. The quantitative estimate of drug-likeness (QED) is 0.906. The Morgan fingerprint density at radius 1 is 1.28 bits per heavy atom. The Bertz CT molecular complexity index is 525. The number of aryl methyl sites for hydroxylation is 1. The van der Waals surface area contributed by atoms with Gasteiger partial charge < -0.3 is 5.32 Å². The predicted molar refractivity (Wildman–Crippen MR) is 75.9 cm³/mol.